The molecule has 0 bridgehead atoms. The first-order chi connectivity index (χ1) is 12.2. The Labute approximate surface area is 173 Å². The first-order valence-corrected chi connectivity index (χ1v) is 8.50. The van der Waals surface area contributed by atoms with Crippen molar-refractivity contribution in [2.75, 3.05) is 27.2 Å². The molecular formula is C16H26F3IN6O. The van der Waals surface area contributed by atoms with Crippen molar-refractivity contribution in [3.8, 4) is 0 Å². The second kappa shape index (κ2) is 10.1. The number of aromatic nitrogens is 2. The van der Waals surface area contributed by atoms with E-state index in [-0.39, 0.29) is 42.0 Å². The average molecular weight is 502 g/mol. The van der Waals surface area contributed by atoms with E-state index < -0.39 is 11.9 Å². The third kappa shape index (κ3) is 6.54. The Balaban J connectivity index is 0.00000364. The van der Waals surface area contributed by atoms with Crippen LogP contribution in [0.15, 0.2) is 11.2 Å². The number of nitrogens with one attached hydrogen (secondary N) is 2. The Morgan fingerprint density at radius 1 is 1.37 bits per heavy atom. The van der Waals surface area contributed by atoms with Crippen molar-refractivity contribution in [1.29, 1.82) is 0 Å². The summed E-state index contributed by atoms with van der Waals surface area (Å²) >= 11 is 0. The molecule has 154 valence electrons. The van der Waals surface area contributed by atoms with Gasteiger partial charge in [-0.2, -0.15) is 18.3 Å². The number of likely N-dealkylation sites (tertiary alicyclic amines) is 1. The number of carbonyl (C=O) groups is 1. The smallest absolute Gasteiger partial charge is 0.359 e. The van der Waals surface area contributed by atoms with E-state index in [9.17, 15) is 18.0 Å². The summed E-state index contributed by atoms with van der Waals surface area (Å²) in [5.41, 5.74) is -0.803. The van der Waals surface area contributed by atoms with Crippen molar-refractivity contribution < 1.29 is 18.0 Å². The summed E-state index contributed by atoms with van der Waals surface area (Å²) in [6.45, 7) is 1.41. The zero-order valence-corrected chi connectivity index (χ0v) is 18.0. The molecule has 1 aromatic rings. The maximum Gasteiger partial charge on any atom is 0.435 e. The summed E-state index contributed by atoms with van der Waals surface area (Å²) in [6.07, 6.45) is -0.941. The van der Waals surface area contributed by atoms with E-state index in [0.717, 1.165) is 17.5 Å². The Morgan fingerprint density at radius 3 is 2.52 bits per heavy atom. The lowest BCUT2D eigenvalue weighted by atomic mass is 9.93. The topological polar surface area (TPSA) is 74.5 Å². The highest BCUT2D eigenvalue weighted by molar-refractivity contribution is 14.0. The highest BCUT2D eigenvalue weighted by Crippen LogP contribution is 2.30. The van der Waals surface area contributed by atoms with Crippen LogP contribution in [0, 0.1) is 5.92 Å². The van der Waals surface area contributed by atoms with Crippen LogP contribution < -0.4 is 10.6 Å². The van der Waals surface area contributed by atoms with Gasteiger partial charge in [-0.1, -0.05) is 0 Å². The van der Waals surface area contributed by atoms with E-state index in [4.69, 9.17) is 0 Å². The summed E-state index contributed by atoms with van der Waals surface area (Å²) in [6, 6.07) is 0. The zero-order valence-electron chi connectivity index (χ0n) is 15.6. The van der Waals surface area contributed by atoms with E-state index in [2.05, 4.69) is 20.7 Å². The highest BCUT2D eigenvalue weighted by Gasteiger charge is 2.37. The van der Waals surface area contributed by atoms with Gasteiger partial charge in [0.15, 0.2) is 11.7 Å². The molecule has 0 unspecified atom stereocenters. The number of alkyl halides is 3. The number of amides is 1. The van der Waals surface area contributed by atoms with Crippen LogP contribution in [0.5, 0.6) is 0 Å². The number of halogens is 4. The SMILES string of the molecule is CN=C(NCc1cn(C)nc1C(F)(F)F)N1CCC(CC(=O)NC)CC1.I. The van der Waals surface area contributed by atoms with Crippen molar-refractivity contribution in [3.63, 3.8) is 0 Å². The Morgan fingerprint density at radius 2 is 2.00 bits per heavy atom. The zero-order chi connectivity index (χ0) is 19.3. The van der Waals surface area contributed by atoms with Crippen LogP contribution in [0.4, 0.5) is 13.2 Å². The minimum Gasteiger partial charge on any atom is -0.359 e. The summed E-state index contributed by atoms with van der Waals surface area (Å²) in [5, 5.41) is 9.12. The number of hydrogen-bond acceptors (Lipinski definition) is 3. The number of hydrogen-bond donors (Lipinski definition) is 2. The molecule has 0 atom stereocenters. The van der Waals surface area contributed by atoms with Crippen LogP contribution in [0.3, 0.4) is 0 Å². The molecular weight excluding hydrogens is 476 g/mol. The molecule has 0 aromatic carbocycles. The van der Waals surface area contributed by atoms with E-state index in [1.807, 2.05) is 4.90 Å². The largest absolute Gasteiger partial charge is 0.435 e. The van der Waals surface area contributed by atoms with E-state index in [1.165, 1.54) is 13.2 Å². The normalized spacial score (nSPS) is 16.1. The molecule has 0 aliphatic carbocycles. The number of guanidine groups is 1. The maximum atomic E-state index is 13.0. The van der Waals surface area contributed by atoms with Gasteiger partial charge in [0.2, 0.25) is 5.91 Å². The van der Waals surface area contributed by atoms with Gasteiger partial charge in [-0.05, 0) is 18.8 Å². The standard InChI is InChI=1S/C16H25F3N6O.HI/c1-20-13(26)8-11-4-6-25(7-5-11)15(21-2)22-9-12-10-24(3)23-14(12)16(17,18)19;/h10-11H,4-9H2,1-3H3,(H,20,26)(H,21,22);1H. The summed E-state index contributed by atoms with van der Waals surface area (Å²) in [4.78, 5) is 17.6. The molecule has 0 saturated carbocycles. The number of carbonyl (C=O) groups excluding carboxylic acids is 1. The average Bonchev–Trinajstić information content (AvgIpc) is 2.98. The molecule has 1 aromatic heterocycles. The van der Waals surface area contributed by atoms with E-state index >= 15 is 0 Å². The molecule has 1 aliphatic heterocycles. The van der Waals surface area contributed by atoms with Crippen molar-refractivity contribution in [2.24, 2.45) is 18.0 Å². The minimum absolute atomic E-state index is 0. The van der Waals surface area contributed by atoms with Crippen LogP contribution in [0.25, 0.3) is 0 Å². The first kappa shape index (κ1) is 23.5. The number of aliphatic imine (C=N–C) groups is 1. The quantitative estimate of drug-likeness (QED) is 0.376. The summed E-state index contributed by atoms with van der Waals surface area (Å²) in [7, 11) is 4.69. The summed E-state index contributed by atoms with van der Waals surface area (Å²) < 4.78 is 40.2. The fourth-order valence-corrected chi connectivity index (χ4v) is 3.13. The van der Waals surface area contributed by atoms with E-state index in [0.29, 0.717) is 31.4 Å². The van der Waals surface area contributed by atoms with Gasteiger partial charge in [0.25, 0.3) is 0 Å². The highest BCUT2D eigenvalue weighted by atomic mass is 127. The van der Waals surface area contributed by atoms with Gasteiger partial charge >= 0.3 is 6.18 Å². The van der Waals surface area contributed by atoms with Crippen molar-refractivity contribution in [3.05, 3.63) is 17.5 Å². The van der Waals surface area contributed by atoms with Gasteiger partial charge < -0.3 is 15.5 Å². The van der Waals surface area contributed by atoms with Gasteiger partial charge in [-0.15, -0.1) is 24.0 Å². The molecule has 0 radical (unpaired) electrons. The van der Waals surface area contributed by atoms with E-state index in [1.54, 1.807) is 14.1 Å². The molecule has 1 saturated heterocycles. The second-order valence-corrected chi connectivity index (χ2v) is 6.38. The van der Waals surface area contributed by atoms with Crippen LogP contribution in [-0.4, -0.2) is 53.7 Å². The second-order valence-electron chi connectivity index (χ2n) is 6.38. The van der Waals surface area contributed by atoms with Crippen LogP contribution >= 0.6 is 24.0 Å². The minimum atomic E-state index is -4.49. The molecule has 1 amide bonds. The molecule has 2 heterocycles. The third-order valence-corrected chi connectivity index (χ3v) is 4.49. The third-order valence-electron chi connectivity index (χ3n) is 4.49. The molecule has 0 spiro atoms. The number of aryl methyl sites for hydroxylation is 1. The molecule has 7 nitrogen and oxygen atoms in total. The van der Waals surface area contributed by atoms with Crippen LogP contribution in [-0.2, 0) is 24.6 Å². The molecule has 27 heavy (non-hydrogen) atoms. The lowest BCUT2D eigenvalue weighted by Gasteiger charge is -2.34. The Kier molecular flexibility index (Phi) is 8.82. The summed E-state index contributed by atoms with van der Waals surface area (Å²) in [5.74, 6) is 0.905. The van der Waals surface area contributed by atoms with Crippen LogP contribution in [0.2, 0.25) is 0 Å². The number of rotatable bonds is 4. The number of nitrogens with zero attached hydrogens (tertiary/aromatic N) is 4. The first-order valence-electron chi connectivity index (χ1n) is 8.50. The van der Waals surface area contributed by atoms with Crippen molar-refractivity contribution >= 4 is 35.8 Å². The lowest BCUT2D eigenvalue weighted by Crippen LogP contribution is -2.45. The maximum absolute atomic E-state index is 13.0. The van der Waals surface area contributed by atoms with Gasteiger partial charge in [0.1, 0.15) is 0 Å². The number of piperidine rings is 1. The Hall–Kier alpha value is -1.53. The van der Waals surface area contributed by atoms with Crippen LogP contribution in [0.1, 0.15) is 30.5 Å². The molecule has 2 rings (SSSR count). The fraction of sp³-hybridized carbons (Fsp3) is 0.688. The molecule has 1 fully saturated rings. The predicted octanol–water partition coefficient (Wildman–Crippen LogP) is 1.98. The Bertz CT molecular complexity index is 653. The molecule has 2 N–H and O–H groups in total. The monoisotopic (exact) mass is 502 g/mol. The molecule has 11 heteroatoms. The van der Waals surface area contributed by atoms with Crippen molar-refractivity contribution in [1.82, 2.24) is 25.3 Å². The lowest BCUT2D eigenvalue weighted by molar-refractivity contribution is -0.142. The predicted molar refractivity (Wildman–Crippen MR) is 107 cm³/mol. The van der Waals surface area contributed by atoms with Gasteiger partial charge in [0, 0.05) is 59.0 Å². The van der Waals surface area contributed by atoms with Crippen molar-refractivity contribution in [2.45, 2.75) is 32.0 Å². The van der Waals surface area contributed by atoms with Gasteiger partial charge in [-0.25, -0.2) is 0 Å². The van der Waals surface area contributed by atoms with Gasteiger partial charge in [0.05, 0.1) is 0 Å². The molecule has 1 aliphatic rings. The van der Waals surface area contributed by atoms with Gasteiger partial charge in [-0.3, -0.25) is 14.5 Å². The fourth-order valence-electron chi connectivity index (χ4n) is 3.13.